The number of ether oxygens (including phenoxy) is 1. The molecule has 0 aliphatic carbocycles. The Morgan fingerprint density at radius 1 is 0.923 bits per heavy atom. The number of hydrogen-bond donors (Lipinski definition) is 1. The Hall–Kier alpha value is -4.34. The van der Waals surface area contributed by atoms with Crippen LogP contribution in [0.25, 0.3) is 10.2 Å². The number of para-hydroxylation sites is 1. The first-order valence-electron chi connectivity index (χ1n) is 12.3. The Labute approximate surface area is 232 Å². The average molecular weight is 554 g/mol. The lowest BCUT2D eigenvalue weighted by atomic mass is 9.95. The minimum atomic E-state index is -0.909. The molecule has 7 nitrogen and oxygen atoms in total. The van der Waals surface area contributed by atoms with Crippen LogP contribution in [0.15, 0.2) is 84.1 Å². The van der Waals surface area contributed by atoms with Crippen molar-refractivity contribution in [2.75, 3.05) is 4.90 Å². The zero-order valence-corrected chi connectivity index (χ0v) is 23.0. The van der Waals surface area contributed by atoms with Gasteiger partial charge in [0, 0.05) is 0 Å². The summed E-state index contributed by atoms with van der Waals surface area (Å²) >= 11 is 2.58. The monoisotopic (exact) mass is 553 g/mol. The smallest absolute Gasteiger partial charge is 0.296 e. The normalized spacial score (nSPS) is 15.4. The second kappa shape index (κ2) is 9.76. The molecule has 0 spiro atoms. The number of carbonyl (C=O) groups is 2. The topological polar surface area (TPSA) is 92.6 Å². The quantitative estimate of drug-likeness (QED) is 0.223. The van der Waals surface area contributed by atoms with Gasteiger partial charge in [-0.1, -0.05) is 47.7 Å². The fraction of sp³-hybridized carbons (Fsp3) is 0.133. The van der Waals surface area contributed by atoms with Crippen molar-refractivity contribution < 1.29 is 19.4 Å². The number of carbonyl (C=O) groups excluding carboxylic acids is 2. The fourth-order valence-electron chi connectivity index (χ4n) is 4.71. The summed E-state index contributed by atoms with van der Waals surface area (Å²) in [4.78, 5) is 38.4. The van der Waals surface area contributed by atoms with Crippen LogP contribution in [-0.2, 0) is 4.79 Å². The van der Waals surface area contributed by atoms with Gasteiger partial charge in [-0.25, -0.2) is 9.97 Å². The molecule has 1 unspecified atom stereocenters. The molecule has 0 radical (unpaired) electrons. The molecule has 3 aromatic carbocycles. The number of fused-ring (bicyclic) bond motifs is 1. The molecular formula is C30H23N3O4S2. The molecule has 3 heterocycles. The van der Waals surface area contributed by atoms with Gasteiger partial charge in [-0.15, -0.1) is 11.3 Å². The average Bonchev–Trinajstić information content (AvgIpc) is 3.57. The fourth-order valence-corrected chi connectivity index (χ4v) is 6.67. The van der Waals surface area contributed by atoms with Gasteiger partial charge < -0.3 is 9.84 Å². The van der Waals surface area contributed by atoms with Crippen molar-refractivity contribution in [2.24, 2.45) is 0 Å². The molecule has 2 aromatic heterocycles. The van der Waals surface area contributed by atoms with E-state index in [1.807, 2.05) is 68.4 Å². The first-order chi connectivity index (χ1) is 18.8. The molecule has 1 aliphatic rings. The molecule has 0 saturated carbocycles. The van der Waals surface area contributed by atoms with Gasteiger partial charge >= 0.3 is 0 Å². The van der Waals surface area contributed by atoms with Gasteiger partial charge in [-0.3, -0.25) is 14.5 Å². The summed E-state index contributed by atoms with van der Waals surface area (Å²) in [5, 5.41) is 12.3. The number of anilines is 1. The Morgan fingerprint density at radius 2 is 1.69 bits per heavy atom. The van der Waals surface area contributed by atoms with Gasteiger partial charge in [0.15, 0.2) is 10.9 Å². The number of aliphatic hydroxyl groups is 1. The summed E-state index contributed by atoms with van der Waals surface area (Å²) in [7, 11) is 0. The highest BCUT2D eigenvalue weighted by molar-refractivity contribution is 7.22. The second-order valence-corrected chi connectivity index (χ2v) is 11.5. The van der Waals surface area contributed by atoms with E-state index >= 15 is 0 Å². The number of aromatic nitrogens is 2. The van der Waals surface area contributed by atoms with E-state index in [1.54, 1.807) is 25.1 Å². The minimum Gasteiger partial charge on any atom is -0.503 e. The molecule has 0 bridgehead atoms. The molecule has 194 valence electrons. The van der Waals surface area contributed by atoms with Crippen molar-refractivity contribution in [1.82, 2.24) is 9.97 Å². The van der Waals surface area contributed by atoms with Crippen molar-refractivity contribution in [1.29, 1.82) is 0 Å². The Balaban J connectivity index is 1.49. The van der Waals surface area contributed by atoms with Crippen LogP contribution in [0, 0.1) is 20.8 Å². The number of aliphatic hydroxyl groups excluding tert-OH is 1. The highest BCUT2D eigenvalue weighted by atomic mass is 32.1. The van der Waals surface area contributed by atoms with Crippen LogP contribution in [0.2, 0.25) is 0 Å². The predicted octanol–water partition coefficient (Wildman–Crippen LogP) is 7.25. The van der Waals surface area contributed by atoms with Gasteiger partial charge in [-0.05, 0) is 68.3 Å². The summed E-state index contributed by atoms with van der Waals surface area (Å²) < 4.78 is 6.96. The molecule has 5 aromatic rings. The number of hydrogen-bond acceptors (Lipinski definition) is 8. The lowest BCUT2D eigenvalue weighted by Crippen LogP contribution is -2.31. The van der Waals surface area contributed by atoms with Gasteiger partial charge in [-0.2, -0.15) is 0 Å². The molecule has 1 amide bonds. The van der Waals surface area contributed by atoms with E-state index in [-0.39, 0.29) is 5.57 Å². The Morgan fingerprint density at radius 3 is 2.44 bits per heavy atom. The first kappa shape index (κ1) is 25.0. The molecular weight excluding hydrogens is 530 g/mol. The summed E-state index contributed by atoms with van der Waals surface area (Å²) in [6, 6.07) is 21.5. The van der Waals surface area contributed by atoms with E-state index in [0.717, 1.165) is 20.8 Å². The minimum absolute atomic E-state index is 0.000882. The summed E-state index contributed by atoms with van der Waals surface area (Å²) in [5.41, 5.74) is 2.98. The molecule has 1 aliphatic heterocycles. The van der Waals surface area contributed by atoms with Crippen molar-refractivity contribution in [2.45, 2.75) is 26.8 Å². The van der Waals surface area contributed by atoms with Crippen molar-refractivity contribution in [3.05, 3.63) is 111 Å². The van der Waals surface area contributed by atoms with Crippen molar-refractivity contribution >= 4 is 49.7 Å². The summed E-state index contributed by atoms with van der Waals surface area (Å²) in [6.45, 7) is 5.56. The molecule has 39 heavy (non-hydrogen) atoms. The third kappa shape index (κ3) is 4.49. The van der Waals surface area contributed by atoms with E-state index in [4.69, 9.17) is 9.72 Å². The maximum atomic E-state index is 13.9. The lowest BCUT2D eigenvalue weighted by Gasteiger charge is -2.24. The summed E-state index contributed by atoms with van der Waals surface area (Å²) in [6.07, 6.45) is 0. The highest BCUT2D eigenvalue weighted by Gasteiger charge is 2.46. The Bertz CT molecular complexity index is 1790. The number of nitrogens with zero attached hydrogens (tertiary/aromatic N) is 3. The first-order valence-corrected chi connectivity index (χ1v) is 13.9. The number of amides is 1. The van der Waals surface area contributed by atoms with E-state index in [0.29, 0.717) is 32.8 Å². The van der Waals surface area contributed by atoms with Gasteiger partial charge in [0.25, 0.3) is 5.91 Å². The zero-order valence-electron chi connectivity index (χ0n) is 21.3. The zero-order chi connectivity index (χ0) is 27.3. The van der Waals surface area contributed by atoms with Crippen molar-refractivity contribution in [3.8, 4) is 11.5 Å². The maximum Gasteiger partial charge on any atom is 0.296 e. The van der Waals surface area contributed by atoms with Crippen LogP contribution >= 0.6 is 22.7 Å². The molecule has 6 rings (SSSR count). The SMILES string of the molecule is Cc1ccc2nc(N3C(=O)C(O)=C(C(=O)c4sc(C)nc4C)C3c3cccc(Oc4ccccc4)c3)sc2c1. The third-order valence-corrected chi connectivity index (χ3v) is 8.54. The van der Waals surface area contributed by atoms with Crippen molar-refractivity contribution in [3.63, 3.8) is 0 Å². The Kier molecular flexibility index (Phi) is 6.25. The number of Topliss-reactive ketones (excluding diaryl/α,β-unsaturated/α-hetero) is 1. The molecule has 0 saturated heterocycles. The van der Waals surface area contributed by atoms with Crippen LogP contribution in [0.4, 0.5) is 5.13 Å². The number of rotatable bonds is 6. The van der Waals surface area contributed by atoms with Crippen LogP contribution < -0.4 is 9.64 Å². The number of benzene rings is 3. The van der Waals surface area contributed by atoms with Gasteiger partial charge in [0.05, 0.1) is 37.4 Å². The van der Waals surface area contributed by atoms with E-state index in [1.165, 1.54) is 27.6 Å². The number of aryl methyl sites for hydroxylation is 3. The lowest BCUT2D eigenvalue weighted by molar-refractivity contribution is -0.117. The standard InChI is InChI=1S/C30H23N3O4S2/c1-16-12-13-22-23(14-16)39-30(32-22)33-25(19-8-7-11-21(15-19)37-20-9-5-4-6-10-20)24(27(35)29(33)36)26(34)28-17(2)31-18(3)38-28/h4-15,25,35H,1-3H3. The molecule has 0 fully saturated rings. The number of ketones is 1. The molecule has 1 atom stereocenters. The molecule has 9 heteroatoms. The van der Waals surface area contributed by atoms with E-state index in [2.05, 4.69) is 4.98 Å². The summed E-state index contributed by atoms with van der Waals surface area (Å²) in [5.74, 6) is -0.495. The van der Waals surface area contributed by atoms with E-state index < -0.39 is 23.5 Å². The van der Waals surface area contributed by atoms with Crippen LogP contribution in [0.3, 0.4) is 0 Å². The second-order valence-electron chi connectivity index (χ2n) is 9.27. The highest BCUT2D eigenvalue weighted by Crippen LogP contribution is 2.45. The largest absolute Gasteiger partial charge is 0.503 e. The number of thiazole rings is 2. The van der Waals surface area contributed by atoms with Gasteiger partial charge in [0.1, 0.15) is 11.5 Å². The van der Waals surface area contributed by atoms with Crippen LogP contribution in [0.5, 0.6) is 11.5 Å². The molecule has 1 N–H and O–H groups in total. The maximum absolute atomic E-state index is 13.9. The van der Waals surface area contributed by atoms with Crippen LogP contribution in [0.1, 0.15) is 37.5 Å². The predicted molar refractivity (Wildman–Crippen MR) is 153 cm³/mol. The van der Waals surface area contributed by atoms with Gasteiger partial charge in [0.2, 0.25) is 5.78 Å². The van der Waals surface area contributed by atoms with Crippen LogP contribution in [-0.4, -0.2) is 26.8 Å². The third-order valence-electron chi connectivity index (χ3n) is 6.45. The van der Waals surface area contributed by atoms with E-state index in [9.17, 15) is 14.7 Å².